The predicted octanol–water partition coefficient (Wildman–Crippen LogP) is 4.10. The summed E-state index contributed by atoms with van der Waals surface area (Å²) in [4.78, 5) is 28.7. The molecule has 2 heterocycles. The van der Waals surface area contributed by atoms with Gasteiger partial charge < -0.3 is 14.5 Å². The minimum atomic E-state index is -0.901. The SMILES string of the molecule is CC(C)(C)OC(=O)N1CCC2(CCCN(Cc3cccc(F)c3F)C2=O)CC1. The summed E-state index contributed by atoms with van der Waals surface area (Å²) < 4.78 is 32.9. The molecule has 0 aromatic heterocycles. The highest BCUT2D eigenvalue weighted by molar-refractivity contribution is 5.84. The quantitative estimate of drug-likeness (QED) is 0.759. The normalized spacial score (nSPS) is 19.8. The van der Waals surface area contributed by atoms with Crippen LogP contribution in [0.3, 0.4) is 0 Å². The van der Waals surface area contributed by atoms with Crippen LogP contribution in [0.5, 0.6) is 0 Å². The van der Waals surface area contributed by atoms with E-state index in [2.05, 4.69) is 0 Å². The van der Waals surface area contributed by atoms with E-state index in [1.807, 2.05) is 20.8 Å². The maximum Gasteiger partial charge on any atom is 0.410 e. The summed E-state index contributed by atoms with van der Waals surface area (Å²) in [6.45, 7) is 7.00. The van der Waals surface area contributed by atoms with Gasteiger partial charge in [0.25, 0.3) is 0 Å². The summed E-state index contributed by atoms with van der Waals surface area (Å²) in [6.07, 6.45) is 2.34. The lowest BCUT2D eigenvalue weighted by Gasteiger charge is -2.46. The van der Waals surface area contributed by atoms with Gasteiger partial charge >= 0.3 is 6.09 Å². The van der Waals surface area contributed by atoms with E-state index >= 15 is 0 Å². The van der Waals surface area contributed by atoms with Crippen molar-refractivity contribution in [1.29, 1.82) is 0 Å². The summed E-state index contributed by atoms with van der Waals surface area (Å²) >= 11 is 0. The van der Waals surface area contributed by atoms with Gasteiger partial charge in [-0.15, -0.1) is 0 Å². The van der Waals surface area contributed by atoms with Crippen LogP contribution >= 0.6 is 0 Å². The number of hydrogen-bond acceptors (Lipinski definition) is 3. The van der Waals surface area contributed by atoms with Crippen LogP contribution < -0.4 is 0 Å². The molecule has 0 unspecified atom stereocenters. The second kappa shape index (κ2) is 7.68. The third-order valence-corrected chi connectivity index (χ3v) is 5.59. The molecule has 2 amide bonds. The number of rotatable bonds is 2. The first kappa shape index (κ1) is 20.6. The predicted molar refractivity (Wildman–Crippen MR) is 100 cm³/mol. The zero-order valence-electron chi connectivity index (χ0n) is 16.8. The van der Waals surface area contributed by atoms with E-state index in [1.54, 1.807) is 9.80 Å². The molecule has 0 bridgehead atoms. The molecule has 0 radical (unpaired) electrons. The highest BCUT2D eigenvalue weighted by Gasteiger charge is 2.46. The summed E-state index contributed by atoms with van der Waals surface area (Å²) in [7, 11) is 0. The van der Waals surface area contributed by atoms with E-state index in [0.29, 0.717) is 32.5 Å². The third-order valence-electron chi connectivity index (χ3n) is 5.59. The van der Waals surface area contributed by atoms with Crippen molar-refractivity contribution in [3.05, 3.63) is 35.4 Å². The van der Waals surface area contributed by atoms with Crippen molar-refractivity contribution in [1.82, 2.24) is 9.80 Å². The Kier molecular flexibility index (Phi) is 5.64. The second-order valence-corrected chi connectivity index (χ2v) is 8.79. The highest BCUT2D eigenvalue weighted by atomic mass is 19.2. The lowest BCUT2D eigenvalue weighted by Crippen LogP contribution is -2.54. The first-order chi connectivity index (χ1) is 13.1. The molecule has 0 aliphatic carbocycles. The Labute approximate surface area is 164 Å². The number of likely N-dealkylation sites (tertiary alicyclic amines) is 2. The van der Waals surface area contributed by atoms with Crippen LogP contribution in [0.25, 0.3) is 0 Å². The van der Waals surface area contributed by atoms with Gasteiger partial charge in [-0.05, 0) is 52.5 Å². The smallest absolute Gasteiger partial charge is 0.410 e. The average Bonchev–Trinajstić information content (AvgIpc) is 2.62. The number of benzene rings is 1. The number of ether oxygens (including phenoxy) is 1. The molecule has 154 valence electrons. The zero-order valence-corrected chi connectivity index (χ0v) is 16.8. The van der Waals surface area contributed by atoms with E-state index in [0.717, 1.165) is 18.9 Å². The van der Waals surface area contributed by atoms with Crippen LogP contribution in [0.4, 0.5) is 13.6 Å². The van der Waals surface area contributed by atoms with Gasteiger partial charge in [-0.2, -0.15) is 0 Å². The second-order valence-electron chi connectivity index (χ2n) is 8.79. The molecule has 2 fully saturated rings. The molecule has 7 heteroatoms. The molecular weight excluding hydrogens is 366 g/mol. The van der Waals surface area contributed by atoms with Crippen LogP contribution in [0.15, 0.2) is 18.2 Å². The molecule has 1 aromatic rings. The van der Waals surface area contributed by atoms with Gasteiger partial charge in [0, 0.05) is 31.7 Å². The number of piperidine rings is 2. The molecule has 5 nitrogen and oxygen atoms in total. The van der Waals surface area contributed by atoms with Crippen LogP contribution in [0.1, 0.15) is 52.0 Å². The molecule has 0 N–H and O–H groups in total. The van der Waals surface area contributed by atoms with Crippen molar-refractivity contribution >= 4 is 12.0 Å². The Morgan fingerprint density at radius 2 is 1.82 bits per heavy atom. The van der Waals surface area contributed by atoms with E-state index in [1.165, 1.54) is 12.1 Å². The van der Waals surface area contributed by atoms with Crippen molar-refractivity contribution < 1.29 is 23.1 Å². The van der Waals surface area contributed by atoms with Gasteiger partial charge in [-0.1, -0.05) is 12.1 Å². The van der Waals surface area contributed by atoms with Gasteiger partial charge in [0.2, 0.25) is 5.91 Å². The molecular formula is C21H28F2N2O3. The van der Waals surface area contributed by atoms with Crippen LogP contribution in [0.2, 0.25) is 0 Å². The van der Waals surface area contributed by atoms with E-state index in [4.69, 9.17) is 4.74 Å². The van der Waals surface area contributed by atoms with Crippen LogP contribution in [-0.4, -0.2) is 47.0 Å². The summed E-state index contributed by atoms with van der Waals surface area (Å²) in [5.41, 5.74) is -0.893. The molecule has 0 atom stereocenters. The summed E-state index contributed by atoms with van der Waals surface area (Å²) in [5, 5.41) is 0. The van der Waals surface area contributed by atoms with Crippen molar-refractivity contribution in [2.75, 3.05) is 19.6 Å². The van der Waals surface area contributed by atoms with Crippen LogP contribution in [-0.2, 0) is 16.1 Å². The van der Waals surface area contributed by atoms with E-state index in [-0.39, 0.29) is 24.1 Å². The highest BCUT2D eigenvalue weighted by Crippen LogP contribution is 2.41. The number of amides is 2. The Bertz CT molecular complexity index is 753. The van der Waals surface area contributed by atoms with Gasteiger partial charge in [0.15, 0.2) is 11.6 Å². The van der Waals surface area contributed by atoms with Crippen molar-refractivity contribution in [3.8, 4) is 0 Å². The lowest BCUT2D eigenvalue weighted by molar-refractivity contribution is -0.150. The molecule has 2 aliphatic rings. The van der Waals surface area contributed by atoms with E-state index < -0.39 is 22.7 Å². The molecule has 2 aliphatic heterocycles. The minimum Gasteiger partial charge on any atom is -0.444 e. The Hall–Kier alpha value is -2.18. The fraction of sp³-hybridized carbons (Fsp3) is 0.619. The molecule has 3 rings (SSSR count). The largest absolute Gasteiger partial charge is 0.444 e. The molecule has 1 spiro atoms. The third kappa shape index (κ3) is 4.28. The fourth-order valence-electron chi connectivity index (χ4n) is 4.09. The van der Waals surface area contributed by atoms with Gasteiger partial charge in [0.05, 0.1) is 5.41 Å². The summed E-state index contributed by atoms with van der Waals surface area (Å²) in [6, 6.07) is 4.04. The average molecular weight is 394 g/mol. The van der Waals surface area contributed by atoms with Crippen molar-refractivity contribution in [2.24, 2.45) is 5.41 Å². The maximum absolute atomic E-state index is 14.0. The molecule has 1 aromatic carbocycles. The van der Waals surface area contributed by atoms with Crippen LogP contribution in [0, 0.1) is 17.0 Å². The van der Waals surface area contributed by atoms with Gasteiger partial charge in [0.1, 0.15) is 5.60 Å². The van der Waals surface area contributed by atoms with Crippen molar-refractivity contribution in [2.45, 2.75) is 58.6 Å². The molecule has 0 saturated carbocycles. The first-order valence-electron chi connectivity index (χ1n) is 9.81. The zero-order chi connectivity index (χ0) is 20.5. The number of carbonyl (C=O) groups is 2. The monoisotopic (exact) mass is 394 g/mol. The number of nitrogens with zero attached hydrogens (tertiary/aromatic N) is 2. The summed E-state index contributed by atoms with van der Waals surface area (Å²) in [5.74, 6) is -1.82. The number of halogens is 2. The van der Waals surface area contributed by atoms with Crippen molar-refractivity contribution in [3.63, 3.8) is 0 Å². The maximum atomic E-state index is 14.0. The standard InChI is InChI=1S/C21H28F2N2O3/c1-20(2,3)28-19(27)24-12-9-21(10-13-24)8-5-11-25(18(21)26)14-15-6-4-7-16(22)17(15)23/h4,6-7H,5,8-14H2,1-3H3. The fourth-order valence-corrected chi connectivity index (χ4v) is 4.09. The number of hydrogen-bond donors (Lipinski definition) is 0. The lowest BCUT2D eigenvalue weighted by atomic mass is 9.71. The Morgan fingerprint density at radius 3 is 2.46 bits per heavy atom. The Balaban J connectivity index is 1.66. The molecule has 2 saturated heterocycles. The Morgan fingerprint density at radius 1 is 1.14 bits per heavy atom. The number of carbonyl (C=O) groups excluding carboxylic acids is 2. The van der Waals surface area contributed by atoms with Gasteiger partial charge in [-0.25, -0.2) is 13.6 Å². The van der Waals surface area contributed by atoms with E-state index in [9.17, 15) is 18.4 Å². The van der Waals surface area contributed by atoms with Gasteiger partial charge in [-0.3, -0.25) is 4.79 Å². The minimum absolute atomic E-state index is 0.0220. The topological polar surface area (TPSA) is 49.9 Å². The first-order valence-corrected chi connectivity index (χ1v) is 9.81. The molecule has 28 heavy (non-hydrogen) atoms.